The maximum absolute atomic E-state index is 13.6. The number of methoxy groups -OCH3 is 1. The van der Waals surface area contributed by atoms with Gasteiger partial charge in [0.2, 0.25) is 0 Å². The summed E-state index contributed by atoms with van der Waals surface area (Å²) in [7, 11) is 1.49. The Hall–Kier alpha value is -0.570. The standard InChI is InChI=1S/C15H20BrFO/c1-18-15-9-7-12(10-14(15)17)13(16)8-6-11-4-2-3-5-11/h7,9-11,13H,2-6,8H2,1H3. The molecule has 1 nitrogen and oxygen atoms in total. The van der Waals surface area contributed by atoms with Gasteiger partial charge in [0.25, 0.3) is 0 Å². The lowest BCUT2D eigenvalue weighted by molar-refractivity contribution is 0.386. The number of hydrogen-bond acceptors (Lipinski definition) is 1. The van der Waals surface area contributed by atoms with Crippen LogP contribution in [0.4, 0.5) is 4.39 Å². The molecule has 0 aromatic heterocycles. The summed E-state index contributed by atoms with van der Waals surface area (Å²) in [4.78, 5) is 0.249. The van der Waals surface area contributed by atoms with E-state index in [1.807, 2.05) is 6.07 Å². The second-order valence-corrected chi connectivity index (χ2v) is 6.19. The number of ether oxygens (including phenoxy) is 1. The maximum Gasteiger partial charge on any atom is 0.165 e. The van der Waals surface area contributed by atoms with Gasteiger partial charge in [0.15, 0.2) is 11.6 Å². The van der Waals surface area contributed by atoms with Crippen LogP contribution < -0.4 is 4.74 Å². The highest BCUT2D eigenvalue weighted by Gasteiger charge is 2.17. The number of rotatable bonds is 5. The SMILES string of the molecule is COc1ccc(C(Br)CCC2CCCC2)cc1F. The molecule has 1 aliphatic carbocycles. The van der Waals surface area contributed by atoms with E-state index in [9.17, 15) is 4.39 Å². The monoisotopic (exact) mass is 314 g/mol. The van der Waals surface area contributed by atoms with Gasteiger partial charge in [-0.25, -0.2) is 4.39 Å². The summed E-state index contributed by atoms with van der Waals surface area (Å²) in [6.07, 6.45) is 7.83. The van der Waals surface area contributed by atoms with E-state index in [-0.39, 0.29) is 10.6 Å². The molecule has 1 aromatic rings. The van der Waals surface area contributed by atoms with Crippen molar-refractivity contribution in [3.63, 3.8) is 0 Å². The fraction of sp³-hybridized carbons (Fsp3) is 0.600. The van der Waals surface area contributed by atoms with Gasteiger partial charge in [0, 0.05) is 4.83 Å². The van der Waals surface area contributed by atoms with E-state index in [0.717, 1.165) is 17.9 Å². The molecule has 1 aromatic carbocycles. The van der Waals surface area contributed by atoms with Crippen molar-refractivity contribution in [3.05, 3.63) is 29.6 Å². The van der Waals surface area contributed by atoms with Crippen molar-refractivity contribution in [3.8, 4) is 5.75 Å². The van der Waals surface area contributed by atoms with Gasteiger partial charge in [0.1, 0.15) is 0 Å². The van der Waals surface area contributed by atoms with Crippen LogP contribution in [0.25, 0.3) is 0 Å². The molecule has 0 spiro atoms. The van der Waals surface area contributed by atoms with E-state index in [1.54, 1.807) is 12.1 Å². The van der Waals surface area contributed by atoms with Crippen molar-refractivity contribution in [1.29, 1.82) is 0 Å². The molecule has 0 aliphatic heterocycles. The molecule has 0 heterocycles. The average molecular weight is 315 g/mol. The number of halogens is 2. The summed E-state index contributed by atoms with van der Waals surface area (Å²) in [6, 6.07) is 5.22. The van der Waals surface area contributed by atoms with Gasteiger partial charge >= 0.3 is 0 Å². The van der Waals surface area contributed by atoms with Crippen molar-refractivity contribution in [1.82, 2.24) is 0 Å². The van der Waals surface area contributed by atoms with E-state index in [4.69, 9.17) is 4.74 Å². The molecule has 1 saturated carbocycles. The summed E-state index contributed by atoms with van der Waals surface area (Å²) in [5.41, 5.74) is 1.01. The van der Waals surface area contributed by atoms with Gasteiger partial charge in [-0.2, -0.15) is 0 Å². The van der Waals surface area contributed by atoms with Crippen LogP contribution in [0.5, 0.6) is 5.75 Å². The van der Waals surface area contributed by atoms with Gasteiger partial charge < -0.3 is 4.74 Å². The molecule has 3 heteroatoms. The van der Waals surface area contributed by atoms with E-state index in [1.165, 1.54) is 39.2 Å². The normalized spacial score (nSPS) is 17.9. The van der Waals surface area contributed by atoms with Crippen LogP contribution in [0.15, 0.2) is 18.2 Å². The number of benzene rings is 1. The van der Waals surface area contributed by atoms with Crippen LogP contribution in [-0.2, 0) is 0 Å². The molecule has 0 radical (unpaired) electrons. The Balaban J connectivity index is 1.91. The highest BCUT2D eigenvalue weighted by Crippen LogP contribution is 2.35. The van der Waals surface area contributed by atoms with Crippen LogP contribution in [0.3, 0.4) is 0 Å². The third-order valence-corrected chi connectivity index (χ3v) is 4.83. The van der Waals surface area contributed by atoms with Gasteiger partial charge in [0.05, 0.1) is 7.11 Å². The predicted molar refractivity (Wildman–Crippen MR) is 75.8 cm³/mol. The maximum atomic E-state index is 13.6. The molecule has 18 heavy (non-hydrogen) atoms. The van der Waals surface area contributed by atoms with Crippen LogP contribution >= 0.6 is 15.9 Å². The topological polar surface area (TPSA) is 9.23 Å². The molecular weight excluding hydrogens is 295 g/mol. The Kier molecular flexibility index (Phi) is 5.04. The Morgan fingerprint density at radius 2 is 2.11 bits per heavy atom. The number of hydrogen-bond donors (Lipinski definition) is 0. The van der Waals surface area contributed by atoms with E-state index in [2.05, 4.69) is 15.9 Å². The average Bonchev–Trinajstić information content (AvgIpc) is 2.89. The van der Waals surface area contributed by atoms with Crippen LogP contribution in [0, 0.1) is 11.7 Å². The summed E-state index contributed by atoms with van der Waals surface area (Å²) in [6.45, 7) is 0. The van der Waals surface area contributed by atoms with Crippen molar-refractivity contribution in [2.75, 3.05) is 7.11 Å². The lowest BCUT2D eigenvalue weighted by Gasteiger charge is -2.14. The third-order valence-electron chi connectivity index (χ3n) is 3.84. The Morgan fingerprint density at radius 1 is 1.39 bits per heavy atom. The summed E-state index contributed by atoms with van der Waals surface area (Å²) in [5.74, 6) is 0.919. The zero-order valence-electron chi connectivity index (χ0n) is 10.8. The predicted octanol–water partition coefficient (Wildman–Crippen LogP) is 5.24. The first-order valence-corrected chi connectivity index (χ1v) is 7.59. The van der Waals surface area contributed by atoms with Crippen molar-refractivity contribution in [2.24, 2.45) is 5.92 Å². The third kappa shape index (κ3) is 3.47. The molecular formula is C15H20BrFO. The molecule has 0 N–H and O–H groups in total. The minimum Gasteiger partial charge on any atom is -0.494 e. The zero-order chi connectivity index (χ0) is 13.0. The van der Waals surface area contributed by atoms with E-state index in [0.29, 0.717) is 5.75 Å². The Morgan fingerprint density at radius 3 is 2.72 bits per heavy atom. The summed E-state index contributed by atoms with van der Waals surface area (Å²) < 4.78 is 18.5. The smallest absolute Gasteiger partial charge is 0.165 e. The molecule has 0 bridgehead atoms. The molecule has 1 fully saturated rings. The lowest BCUT2D eigenvalue weighted by atomic mass is 9.98. The first-order valence-electron chi connectivity index (χ1n) is 6.68. The molecule has 0 amide bonds. The van der Waals surface area contributed by atoms with Gasteiger partial charge in [-0.15, -0.1) is 0 Å². The van der Waals surface area contributed by atoms with Crippen LogP contribution in [0.1, 0.15) is 48.9 Å². The molecule has 100 valence electrons. The quantitative estimate of drug-likeness (QED) is 0.675. The van der Waals surface area contributed by atoms with Crippen LogP contribution in [0.2, 0.25) is 0 Å². The zero-order valence-corrected chi connectivity index (χ0v) is 12.4. The largest absolute Gasteiger partial charge is 0.494 e. The fourth-order valence-corrected chi connectivity index (χ4v) is 3.27. The highest BCUT2D eigenvalue weighted by atomic mass is 79.9. The van der Waals surface area contributed by atoms with Crippen LogP contribution in [-0.4, -0.2) is 7.11 Å². The van der Waals surface area contributed by atoms with Gasteiger partial charge in [-0.05, 0) is 36.5 Å². The number of alkyl halides is 1. The fourth-order valence-electron chi connectivity index (χ4n) is 2.73. The molecule has 1 atom stereocenters. The summed E-state index contributed by atoms with van der Waals surface area (Å²) in [5, 5.41) is 0. The van der Waals surface area contributed by atoms with E-state index < -0.39 is 0 Å². The molecule has 0 saturated heterocycles. The van der Waals surface area contributed by atoms with Gasteiger partial charge in [-0.3, -0.25) is 0 Å². The first-order chi connectivity index (χ1) is 8.70. The first kappa shape index (κ1) is 13.9. The second-order valence-electron chi connectivity index (χ2n) is 5.09. The van der Waals surface area contributed by atoms with Crippen molar-refractivity contribution < 1.29 is 9.13 Å². The molecule has 1 aliphatic rings. The minimum absolute atomic E-state index is 0.249. The molecule has 2 rings (SSSR count). The summed E-state index contributed by atoms with van der Waals surface area (Å²) >= 11 is 3.67. The van der Waals surface area contributed by atoms with Crippen molar-refractivity contribution in [2.45, 2.75) is 43.4 Å². The lowest BCUT2D eigenvalue weighted by Crippen LogP contribution is -1.98. The van der Waals surface area contributed by atoms with E-state index >= 15 is 0 Å². The Labute approximate surface area is 117 Å². The molecule has 1 unspecified atom stereocenters. The highest BCUT2D eigenvalue weighted by molar-refractivity contribution is 9.09. The van der Waals surface area contributed by atoms with Gasteiger partial charge in [-0.1, -0.05) is 47.7 Å². The second kappa shape index (κ2) is 6.55. The Bertz CT molecular complexity index is 388. The minimum atomic E-state index is -0.277. The van der Waals surface area contributed by atoms with Crippen molar-refractivity contribution >= 4 is 15.9 Å².